The lowest BCUT2D eigenvalue weighted by Gasteiger charge is -2.19. The maximum absolute atomic E-state index is 13.4. The van der Waals surface area contributed by atoms with E-state index in [0.29, 0.717) is 22.5 Å². The summed E-state index contributed by atoms with van der Waals surface area (Å²) < 4.78 is 0. The predicted octanol–water partition coefficient (Wildman–Crippen LogP) is 8.58. The van der Waals surface area contributed by atoms with Gasteiger partial charge in [-0.15, -0.1) is 0 Å². The number of rotatable bonds is 7. The molecule has 0 unspecified atom stereocenters. The highest BCUT2D eigenvalue weighted by atomic mass is 16.1. The molecule has 4 nitrogen and oxygen atoms in total. The predicted molar refractivity (Wildman–Crippen MR) is 166 cm³/mol. The van der Waals surface area contributed by atoms with Gasteiger partial charge in [-0.2, -0.15) is 0 Å². The molecule has 2 heterocycles. The standard InChI is InChI=1S/C37H38N2O2/c1-36(2,3)27-16-12-25(13-17-27)34(40)31-22-20-29(38-31)33(24-10-8-7-9-11-24)30-21-23-32(39-30)35(41)26-14-18-28(19-15-26)37(4,5)6/h7-23,33,38-39H,1-6H3. The Morgan fingerprint density at radius 2 is 0.902 bits per heavy atom. The van der Waals surface area contributed by atoms with Crippen molar-refractivity contribution >= 4 is 11.6 Å². The monoisotopic (exact) mass is 542 g/mol. The Kier molecular flexibility index (Phi) is 7.44. The second-order valence-corrected chi connectivity index (χ2v) is 12.8. The Morgan fingerprint density at radius 1 is 0.512 bits per heavy atom. The van der Waals surface area contributed by atoms with Crippen molar-refractivity contribution in [2.45, 2.75) is 58.3 Å². The average Bonchev–Trinajstić information content (AvgIpc) is 3.63. The molecule has 0 fully saturated rings. The molecule has 0 bridgehead atoms. The maximum atomic E-state index is 13.4. The minimum Gasteiger partial charge on any atom is -0.355 e. The van der Waals surface area contributed by atoms with Gasteiger partial charge in [-0.1, -0.05) is 120 Å². The van der Waals surface area contributed by atoms with Gasteiger partial charge in [-0.05, 0) is 51.8 Å². The molecule has 0 aliphatic carbocycles. The van der Waals surface area contributed by atoms with Crippen LogP contribution in [0.4, 0.5) is 0 Å². The molecule has 0 saturated carbocycles. The number of hydrogen-bond acceptors (Lipinski definition) is 2. The third-order valence-electron chi connectivity index (χ3n) is 7.69. The molecule has 5 aromatic rings. The van der Waals surface area contributed by atoms with E-state index in [1.165, 1.54) is 11.1 Å². The number of carbonyl (C=O) groups is 2. The normalized spacial score (nSPS) is 12.1. The van der Waals surface area contributed by atoms with Crippen LogP contribution in [0.1, 0.15) is 108 Å². The van der Waals surface area contributed by atoms with E-state index in [1.54, 1.807) is 0 Å². The molecule has 0 amide bonds. The molecular formula is C37H38N2O2. The van der Waals surface area contributed by atoms with Crippen molar-refractivity contribution in [1.82, 2.24) is 9.97 Å². The van der Waals surface area contributed by atoms with Crippen molar-refractivity contribution in [2.75, 3.05) is 0 Å². The van der Waals surface area contributed by atoms with Gasteiger partial charge >= 0.3 is 0 Å². The van der Waals surface area contributed by atoms with Gasteiger partial charge in [-0.3, -0.25) is 9.59 Å². The Labute approximate surface area is 242 Å². The first kappa shape index (κ1) is 28.1. The fourth-order valence-corrected chi connectivity index (χ4v) is 5.15. The number of aromatic nitrogens is 2. The van der Waals surface area contributed by atoms with Crippen LogP contribution in [0.5, 0.6) is 0 Å². The summed E-state index contributed by atoms with van der Waals surface area (Å²) >= 11 is 0. The van der Waals surface area contributed by atoms with E-state index in [-0.39, 0.29) is 28.3 Å². The Morgan fingerprint density at radius 3 is 1.27 bits per heavy atom. The fourth-order valence-electron chi connectivity index (χ4n) is 5.15. The first-order valence-corrected chi connectivity index (χ1v) is 14.1. The van der Waals surface area contributed by atoms with Crippen LogP contribution in [0.15, 0.2) is 103 Å². The molecule has 0 aliphatic heterocycles. The molecule has 41 heavy (non-hydrogen) atoms. The molecule has 0 saturated heterocycles. The molecule has 2 aromatic heterocycles. The quantitative estimate of drug-likeness (QED) is 0.202. The van der Waals surface area contributed by atoms with Gasteiger partial charge in [0.05, 0.1) is 17.3 Å². The van der Waals surface area contributed by atoms with Crippen molar-refractivity contribution < 1.29 is 9.59 Å². The van der Waals surface area contributed by atoms with E-state index in [2.05, 4.69) is 63.6 Å². The molecule has 0 radical (unpaired) electrons. The minimum atomic E-state index is -0.203. The average molecular weight is 543 g/mol. The summed E-state index contributed by atoms with van der Waals surface area (Å²) in [5.74, 6) is -0.306. The zero-order valence-corrected chi connectivity index (χ0v) is 24.7. The number of ketones is 2. The lowest BCUT2D eigenvalue weighted by Crippen LogP contribution is -2.12. The number of aromatic amines is 2. The Bertz CT molecular complexity index is 1550. The minimum absolute atomic E-state index is 0.0240. The second-order valence-electron chi connectivity index (χ2n) is 12.8. The van der Waals surface area contributed by atoms with Crippen LogP contribution in [0.3, 0.4) is 0 Å². The summed E-state index contributed by atoms with van der Waals surface area (Å²) in [6.45, 7) is 13.0. The van der Waals surface area contributed by atoms with E-state index >= 15 is 0 Å². The third-order valence-corrected chi connectivity index (χ3v) is 7.69. The topological polar surface area (TPSA) is 65.7 Å². The molecular weight excluding hydrogens is 504 g/mol. The zero-order valence-electron chi connectivity index (χ0n) is 24.7. The molecule has 4 heteroatoms. The van der Waals surface area contributed by atoms with Gasteiger partial charge in [0.2, 0.25) is 11.6 Å². The van der Waals surface area contributed by atoms with Crippen molar-refractivity contribution in [3.05, 3.63) is 154 Å². The highest BCUT2D eigenvalue weighted by Gasteiger charge is 2.24. The number of nitrogens with one attached hydrogen (secondary N) is 2. The Balaban J connectivity index is 1.44. The number of hydrogen-bond donors (Lipinski definition) is 2. The second kappa shape index (κ2) is 10.9. The van der Waals surface area contributed by atoms with Gasteiger partial charge in [0.1, 0.15) is 0 Å². The molecule has 208 valence electrons. The first-order chi connectivity index (χ1) is 19.4. The van der Waals surface area contributed by atoms with Crippen LogP contribution in [-0.4, -0.2) is 21.5 Å². The Hall–Kier alpha value is -4.44. The molecule has 2 N–H and O–H groups in total. The fraction of sp³-hybridized carbons (Fsp3) is 0.243. The van der Waals surface area contributed by atoms with Gasteiger partial charge in [0, 0.05) is 22.5 Å². The van der Waals surface area contributed by atoms with Crippen molar-refractivity contribution in [2.24, 2.45) is 0 Å². The van der Waals surface area contributed by atoms with Crippen molar-refractivity contribution in [3.63, 3.8) is 0 Å². The number of benzene rings is 3. The summed E-state index contributed by atoms with van der Waals surface area (Å²) in [5, 5.41) is 0. The summed E-state index contributed by atoms with van der Waals surface area (Å²) in [6, 6.07) is 33.4. The number of H-pyrrole nitrogens is 2. The van der Waals surface area contributed by atoms with E-state index in [1.807, 2.05) is 91.0 Å². The zero-order chi connectivity index (χ0) is 29.4. The molecule has 0 atom stereocenters. The lowest BCUT2D eigenvalue weighted by molar-refractivity contribution is 0.102. The molecule has 0 aliphatic rings. The van der Waals surface area contributed by atoms with E-state index in [9.17, 15) is 9.59 Å². The summed E-state index contributed by atoms with van der Waals surface area (Å²) in [6.07, 6.45) is 0. The van der Waals surface area contributed by atoms with Gasteiger partial charge in [-0.25, -0.2) is 0 Å². The SMILES string of the molecule is CC(C)(C)c1ccc(C(=O)c2ccc(C(c3ccccc3)c3ccc(C(=O)c4ccc(C(C)(C)C)cc4)[nH]3)[nH]2)cc1. The summed E-state index contributed by atoms with van der Waals surface area (Å²) in [7, 11) is 0. The van der Waals surface area contributed by atoms with Crippen LogP contribution in [0, 0.1) is 0 Å². The van der Waals surface area contributed by atoms with Crippen LogP contribution >= 0.6 is 0 Å². The van der Waals surface area contributed by atoms with Crippen molar-refractivity contribution in [3.8, 4) is 0 Å². The highest BCUT2D eigenvalue weighted by Crippen LogP contribution is 2.32. The lowest BCUT2D eigenvalue weighted by atomic mass is 9.86. The first-order valence-electron chi connectivity index (χ1n) is 14.1. The maximum Gasteiger partial charge on any atom is 0.209 e. The number of carbonyl (C=O) groups excluding carboxylic acids is 2. The summed E-state index contributed by atoms with van der Waals surface area (Å²) in [5.41, 5.74) is 7.59. The van der Waals surface area contributed by atoms with E-state index < -0.39 is 0 Å². The molecule has 0 spiro atoms. The van der Waals surface area contributed by atoms with Crippen LogP contribution in [0.2, 0.25) is 0 Å². The van der Waals surface area contributed by atoms with Crippen LogP contribution in [0.25, 0.3) is 0 Å². The largest absolute Gasteiger partial charge is 0.355 e. The van der Waals surface area contributed by atoms with Crippen LogP contribution < -0.4 is 0 Å². The van der Waals surface area contributed by atoms with Gasteiger partial charge < -0.3 is 9.97 Å². The molecule has 3 aromatic carbocycles. The van der Waals surface area contributed by atoms with E-state index in [0.717, 1.165) is 17.0 Å². The van der Waals surface area contributed by atoms with Gasteiger partial charge in [0.25, 0.3) is 0 Å². The van der Waals surface area contributed by atoms with Gasteiger partial charge in [0.15, 0.2) is 0 Å². The van der Waals surface area contributed by atoms with E-state index in [4.69, 9.17) is 0 Å². The summed E-state index contributed by atoms with van der Waals surface area (Å²) in [4.78, 5) is 33.5. The van der Waals surface area contributed by atoms with Crippen LogP contribution in [-0.2, 0) is 10.8 Å². The third kappa shape index (κ3) is 6.02. The molecule has 5 rings (SSSR count). The highest BCUT2D eigenvalue weighted by molar-refractivity contribution is 6.08. The van der Waals surface area contributed by atoms with Crippen molar-refractivity contribution in [1.29, 1.82) is 0 Å². The smallest absolute Gasteiger partial charge is 0.209 e.